The van der Waals surface area contributed by atoms with E-state index >= 15 is 0 Å². The second-order valence-corrected chi connectivity index (χ2v) is 4.79. The highest BCUT2D eigenvalue weighted by Gasteiger charge is 2.27. The summed E-state index contributed by atoms with van der Waals surface area (Å²) in [6.45, 7) is 6.94. The van der Waals surface area contributed by atoms with Crippen LogP contribution >= 0.6 is 0 Å². The lowest BCUT2D eigenvalue weighted by atomic mass is 10.2. The third-order valence-corrected chi connectivity index (χ3v) is 2.74. The lowest BCUT2D eigenvalue weighted by molar-refractivity contribution is -0.127. The Bertz CT molecular complexity index is 281. The van der Waals surface area contributed by atoms with Crippen molar-refractivity contribution in [2.24, 2.45) is 11.7 Å². The fourth-order valence-corrected chi connectivity index (χ4v) is 1.77. The average molecular weight is 242 g/mol. The van der Waals surface area contributed by atoms with Crippen LogP contribution in [0.2, 0.25) is 0 Å². The van der Waals surface area contributed by atoms with Crippen molar-refractivity contribution in [1.82, 2.24) is 15.5 Å². The Morgan fingerprint density at radius 1 is 1.53 bits per heavy atom. The molecule has 6 nitrogen and oxygen atoms in total. The molecule has 0 radical (unpaired) electrons. The van der Waals surface area contributed by atoms with E-state index in [1.54, 1.807) is 0 Å². The molecule has 4 N–H and O–H groups in total. The highest BCUT2D eigenvalue weighted by molar-refractivity contribution is 5.82. The van der Waals surface area contributed by atoms with Gasteiger partial charge < -0.3 is 16.4 Å². The minimum Gasteiger partial charge on any atom is -0.368 e. The van der Waals surface area contributed by atoms with Crippen LogP contribution in [0.25, 0.3) is 0 Å². The zero-order chi connectivity index (χ0) is 12.8. The molecule has 0 aromatic carbocycles. The normalized spacial score (nSPS) is 21.5. The maximum absolute atomic E-state index is 11.7. The molecule has 1 heterocycles. The van der Waals surface area contributed by atoms with Gasteiger partial charge in [-0.3, -0.25) is 14.5 Å². The molecule has 6 heteroatoms. The van der Waals surface area contributed by atoms with E-state index in [0.717, 1.165) is 6.54 Å². The molecular weight excluding hydrogens is 220 g/mol. The topological polar surface area (TPSA) is 87.5 Å². The molecule has 1 saturated heterocycles. The van der Waals surface area contributed by atoms with Crippen LogP contribution < -0.4 is 16.4 Å². The van der Waals surface area contributed by atoms with Gasteiger partial charge in [0.05, 0.1) is 6.54 Å². The van der Waals surface area contributed by atoms with Crippen LogP contribution in [-0.2, 0) is 9.59 Å². The predicted molar refractivity (Wildman–Crippen MR) is 65.3 cm³/mol. The summed E-state index contributed by atoms with van der Waals surface area (Å²) < 4.78 is 0. The number of hydrogen-bond donors (Lipinski definition) is 3. The first-order chi connectivity index (χ1) is 8.00. The molecular formula is C11H22N4O2. The summed E-state index contributed by atoms with van der Waals surface area (Å²) in [5, 5.41) is 5.93. The van der Waals surface area contributed by atoms with Gasteiger partial charge in [-0.25, -0.2) is 0 Å². The summed E-state index contributed by atoms with van der Waals surface area (Å²) in [4.78, 5) is 24.7. The Hall–Kier alpha value is -1.14. The predicted octanol–water partition coefficient (Wildman–Crippen LogP) is -1.48. The summed E-state index contributed by atoms with van der Waals surface area (Å²) >= 11 is 0. The highest BCUT2D eigenvalue weighted by Crippen LogP contribution is 2.02. The summed E-state index contributed by atoms with van der Waals surface area (Å²) in [7, 11) is 0. The van der Waals surface area contributed by atoms with Crippen LogP contribution in [0.4, 0.5) is 0 Å². The van der Waals surface area contributed by atoms with Gasteiger partial charge in [-0.1, -0.05) is 13.8 Å². The fraction of sp³-hybridized carbons (Fsp3) is 0.818. The number of rotatable bonds is 5. The molecule has 0 spiro atoms. The van der Waals surface area contributed by atoms with Crippen LogP contribution in [-0.4, -0.2) is 55.5 Å². The average Bonchev–Trinajstić information content (AvgIpc) is 2.27. The quantitative estimate of drug-likeness (QED) is 0.548. The van der Waals surface area contributed by atoms with Crippen LogP contribution in [0.5, 0.6) is 0 Å². The molecule has 0 bridgehead atoms. The zero-order valence-electron chi connectivity index (χ0n) is 10.5. The number of amides is 2. The first kappa shape index (κ1) is 13.9. The molecule has 17 heavy (non-hydrogen) atoms. The SMILES string of the molecule is CC(C)CNC(=O)CN1CCNCC1C(N)=O. The van der Waals surface area contributed by atoms with Crippen molar-refractivity contribution in [3.05, 3.63) is 0 Å². The molecule has 0 aromatic rings. The number of primary amides is 1. The van der Waals surface area contributed by atoms with E-state index in [2.05, 4.69) is 10.6 Å². The van der Waals surface area contributed by atoms with E-state index in [4.69, 9.17) is 5.73 Å². The van der Waals surface area contributed by atoms with E-state index < -0.39 is 0 Å². The van der Waals surface area contributed by atoms with Crippen molar-refractivity contribution >= 4 is 11.8 Å². The molecule has 0 aliphatic carbocycles. The molecule has 1 fully saturated rings. The summed E-state index contributed by atoms with van der Waals surface area (Å²) in [5.41, 5.74) is 5.30. The number of carbonyl (C=O) groups is 2. The lowest BCUT2D eigenvalue weighted by Crippen LogP contribution is -2.58. The Balaban J connectivity index is 2.42. The lowest BCUT2D eigenvalue weighted by Gasteiger charge is -2.33. The van der Waals surface area contributed by atoms with Crippen molar-refractivity contribution in [2.45, 2.75) is 19.9 Å². The maximum atomic E-state index is 11.7. The standard InChI is InChI=1S/C11H22N4O2/c1-8(2)5-14-10(16)7-15-4-3-13-6-9(15)11(12)17/h8-9,13H,3-7H2,1-2H3,(H2,12,17)(H,14,16). The van der Waals surface area contributed by atoms with E-state index in [1.165, 1.54) is 0 Å². The van der Waals surface area contributed by atoms with Gasteiger partial charge in [0.25, 0.3) is 0 Å². The Morgan fingerprint density at radius 3 is 2.82 bits per heavy atom. The van der Waals surface area contributed by atoms with Crippen molar-refractivity contribution in [3.63, 3.8) is 0 Å². The van der Waals surface area contributed by atoms with E-state index in [9.17, 15) is 9.59 Å². The summed E-state index contributed by atoms with van der Waals surface area (Å²) in [6.07, 6.45) is 0. The molecule has 1 aliphatic rings. The van der Waals surface area contributed by atoms with Gasteiger partial charge in [-0.2, -0.15) is 0 Å². The van der Waals surface area contributed by atoms with Crippen LogP contribution in [0, 0.1) is 5.92 Å². The van der Waals surface area contributed by atoms with Gasteiger partial charge in [0.1, 0.15) is 6.04 Å². The fourth-order valence-electron chi connectivity index (χ4n) is 1.77. The zero-order valence-corrected chi connectivity index (χ0v) is 10.5. The molecule has 1 aliphatic heterocycles. The van der Waals surface area contributed by atoms with Crippen LogP contribution in [0.15, 0.2) is 0 Å². The summed E-state index contributed by atoms with van der Waals surface area (Å²) in [5.74, 6) is -0.00498. The molecule has 0 saturated carbocycles. The number of nitrogens with two attached hydrogens (primary N) is 1. The molecule has 1 atom stereocenters. The smallest absolute Gasteiger partial charge is 0.236 e. The Labute approximate surface area is 102 Å². The monoisotopic (exact) mass is 242 g/mol. The van der Waals surface area contributed by atoms with Crippen LogP contribution in [0.3, 0.4) is 0 Å². The minimum absolute atomic E-state index is 0.0492. The molecule has 2 amide bonds. The van der Waals surface area contributed by atoms with Gasteiger partial charge in [-0.15, -0.1) is 0 Å². The first-order valence-corrected chi connectivity index (χ1v) is 6.01. The highest BCUT2D eigenvalue weighted by atomic mass is 16.2. The number of nitrogens with zero attached hydrogens (tertiary/aromatic N) is 1. The van der Waals surface area contributed by atoms with Gasteiger partial charge in [0.2, 0.25) is 11.8 Å². The maximum Gasteiger partial charge on any atom is 0.236 e. The second-order valence-electron chi connectivity index (χ2n) is 4.79. The molecule has 0 aromatic heterocycles. The number of nitrogens with one attached hydrogen (secondary N) is 2. The van der Waals surface area contributed by atoms with Crippen molar-refractivity contribution in [1.29, 1.82) is 0 Å². The van der Waals surface area contributed by atoms with E-state index in [-0.39, 0.29) is 24.4 Å². The van der Waals surface area contributed by atoms with Gasteiger partial charge in [0.15, 0.2) is 0 Å². The van der Waals surface area contributed by atoms with E-state index in [0.29, 0.717) is 25.6 Å². The minimum atomic E-state index is -0.381. The van der Waals surface area contributed by atoms with Gasteiger partial charge >= 0.3 is 0 Å². The molecule has 98 valence electrons. The Morgan fingerprint density at radius 2 is 2.24 bits per heavy atom. The van der Waals surface area contributed by atoms with Gasteiger partial charge in [0, 0.05) is 26.2 Å². The third kappa shape index (κ3) is 4.70. The number of hydrogen-bond acceptors (Lipinski definition) is 4. The summed E-state index contributed by atoms with van der Waals surface area (Å²) in [6, 6.07) is -0.381. The number of carbonyl (C=O) groups excluding carboxylic acids is 2. The van der Waals surface area contributed by atoms with Crippen LogP contribution in [0.1, 0.15) is 13.8 Å². The second kappa shape index (κ2) is 6.56. The van der Waals surface area contributed by atoms with Crippen molar-refractivity contribution in [2.75, 3.05) is 32.7 Å². The molecule has 1 rings (SSSR count). The van der Waals surface area contributed by atoms with Gasteiger partial charge in [-0.05, 0) is 5.92 Å². The van der Waals surface area contributed by atoms with Crippen molar-refractivity contribution < 1.29 is 9.59 Å². The Kier molecular flexibility index (Phi) is 5.37. The third-order valence-electron chi connectivity index (χ3n) is 2.74. The largest absolute Gasteiger partial charge is 0.368 e. The molecule has 1 unspecified atom stereocenters. The first-order valence-electron chi connectivity index (χ1n) is 6.01. The van der Waals surface area contributed by atoms with E-state index in [1.807, 2.05) is 18.7 Å². The number of piperazine rings is 1. The van der Waals surface area contributed by atoms with Crippen molar-refractivity contribution in [3.8, 4) is 0 Å².